The van der Waals surface area contributed by atoms with Crippen molar-refractivity contribution >= 4 is 28.4 Å². The molecule has 0 fully saturated rings. The molecule has 3 aromatic rings. The van der Waals surface area contributed by atoms with Crippen molar-refractivity contribution < 1.29 is 19.1 Å². The summed E-state index contributed by atoms with van der Waals surface area (Å²) in [5.74, 6) is 0.462. The number of methoxy groups -OCH3 is 1. The molecule has 0 aliphatic carbocycles. The Kier molecular flexibility index (Phi) is 4.66. The van der Waals surface area contributed by atoms with Crippen LogP contribution in [0.3, 0.4) is 0 Å². The second kappa shape index (κ2) is 6.88. The van der Waals surface area contributed by atoms with Gasteiger partial charge in [0.2, 0.25) is 0 Å². The quantitative estimate of drug-likeness (QED) is 0.507. The molecule has 2 aromatic heterocycles. The lowest BCUT2D eigenvalue weighted by Crippen LogP contribution is -2.07. The number of carbonyl (C=O) groups excluding carboxylic acids is 2. The standard InChI is InChI=1S/C18H17NO4S/c1-3-23-14-6-4-12(5-7-14)15-9-17-19(16(15)10-20)13(11-24-17)8-18(21)22-2/h4-7,9-11H,3,8H2,1-2H3. The van der Waals surface area contributed by atoms with Crippen LogP contribution in [0.15, 0.2) is 35.7 Å². The van der Waals surface area contributed by atoms with E-state index in [0.29, 0.717) is 12.3 Å². The highest BCUT2D eigenvalue weighted by Crippen LogP contribution is 2.32. The highest BCUT2D eigenvalue weighted by molar-refractivity contribution is 7.15. The summed E-state index contributed by atoms with van der Waals surface area (Å²) in [6, 6.07) is 9.59. The van der Waals surface area contributed by atoms with Gasteiger partial charge >= 0.3 is 5.97 Å². The molecule has 2 heterocycles. The largest absolute Gasteiger partial charge is 0.494 e. The zero-order chi connectivity index (χ0) is 17.1. The van der Waals surface area contributed by atoms with Crippen molar-refractivity contribution in [3.05, 3.63) is 47.1 Å². The third-order valence-electron chi connectivity index (χ3n) is 3.75. The van der Waals surface area contributed by atoms with Crippen molar-refractivity contribution in [3.63, 3.8) is 0 Å². The second-order valence-electron chi connectivity index (χ2n) is 5.17. The number of carbonyl (C=O) groups is 2. The van der Waals surface area contributed by atoms with Gasteiger partial charge < -0.3 is 13.9 Å². The number of nitrogens with zero attached hydrogens (tertiary/aromatic N) is 1. The lowest BCUT2D eigenvalue weighted by molar-refractivity contribution is -0.139. The Labute approximate surface area is 143 Å². The number of benzene rings is 1. The number of fused-ring (bicyclic) bond motifs is 1. The van der Waals surface area contributed by atoms with Crippen molar-refractivity contribution in [1.29, 1.82) is 0 Å². The van der Waals surface area contributed by atoms with Gasteiger partial charge in [0.1, 0.15) is 10.6 Å². The Morgan fingerprint density at radius 1 is 1.29 bits per heavy atom. The minimum atomic E-state index is -0.331. The number of hydrogen-bond acceptors (Lipinski definition) is 5. The van der Waals surface area contributed by atoms with Gasteiger partial charge in [-0.2, -0.15) is 0 Å². The molecule has 0 unspecified atom stereocenters. The highest BCUT2D eigenvalue weighted by atomic mass is 32.1. The zero-order valence-electron chi connectivity index (χ0n) is 13.4. The summed E-state index contributed by atoms with van der Waals surface area (Å²) in [6.07, 6.45) is 0.959. The smallest absolute Gasteiger partial charge is 0.311 e. The van der Waals surface area contributed by atoms with Crippen molar-refractivity contribution in [2.45, 2.75) is 13.3 Å². The zero-order valence-corrected chi connectivity index (χ0v) is 14.3. The molecule has 0 aliphatic heterocycles. The van der Waals surface area contributed by atoms with Crippen LogP contribution in [0.4, 0.5) is 0 Å². The normalized spacial score (nSPS) is 10.8. The number of rotatable bonds is 6. The van der Waals surface area contributed by atoms with E-state index in [-0.39, 0.29) is 12.4 Å². The van der Waals surface area contributed by atoms with Gasteiger partial charge in [-0.15, -0.1) is 11.3 Å². The lowest BCUT2D eigenvalue weighted by Gasteiger charge is -2.05. The topological polar surface area (TPSA) is 57.0 Å². The van der Waals surface area contributed by atoms with Crippen molar-refractivity contribution in [2.75, 3.05) is 13.7 Å². The number of ether oxygens (including phenoxy) is 2. The van der Waals surface area contributed by atoms with E-state index in [0.717, 1.165) is 33.7 Å². The Morgan fingerprint density at radius 2 is 2.04 bits per heavy atom. The van der Waals surface area contributed by atoms with E-state index in [1.54, 1.807) is 0 Å². The molecule has 0 spiro atoms. The summed E-state index contributed by atoms with van der Waals surface area (Å²) in [7, 11) is 1.35. The summed E-state index contributed by atoms with van der Waals surface area (Å²) in [4.78, 5) is 24.2. The van der Waals surface area contributed by atoms with Gasteiger partial charge in [-0.1, -0.05) is 12.1 Å². The van der Waals surface area contributed by atoms with Crippen molar-refractivity contribution in [1.82, 2.24) is 4.40 Å². The Bertz CT molecular complexity index is 876. The third kappa shape index (κ3) is 2.92. The molecule has 124 valence electrons. The first-order chi connectivity index (χ1) is 11.7. The van der Waals surface area contributed by atoms with Crippen LogP contribution in [0, 0.1) is 0 Å². The summed E-state index contributed by atoms with van der Waals surface area (Å²) < 4.78 is 12.0. The monoisotopic (exact) mass is 343 g/mol. The molecular formula is C18H17NO4S. The predicted octanol–water partition coefficient (Wildman–Crippen LogP) is 3.59. The van der Waals surface area contributed by atoms with Crippen LogP contribution >= 0.6 is 11.3 Å². The predicted molar refractivity (Wildman–Crippen MR) is 93.0 cm³/mol. The first-order valence-electron chi connectivity index (χ1n) is 7.55. The van der Waals surface area contributed by atoms with Crippen LogP contribution in [0.1, 0.15) is 23.1 Å². The van der Waals surface area contributed by atoms with Crippen LogP contribution in [0.25, 0.3) is 16.0 Å². The molecule has 0 amide bonds. The maximum absolute atomic E-state index is 11.7. The fraction of sp³-hybridized carbons (Fsp3) is 0.222. The number of thiazole rings is 1. The van der Waals surface area contributed by atoms with E-state index in [2.05, 4.69) is 0 Å². The lowest BCUT2D eigenvalue weighted by atomic mass is 10.1. The average molecular weight is 343 g/mol. The maximum Gasteiger partial charge on any atom is 0.311 e. The summed E-state index contributed by atoms with van der Waals surface area (Å²) in [6.45, 7) is 2.54. The third-order valence-corrected chi connectivity index (χ3v) is 4.68. The van der Waals surface area contributed by atoms with E-state index in [9.17, 15) is 9.59 Å². The van der Waals surface area contributed by atoms with E-state index in [1.165, 1.54) is 18.4 Å². The van der Waals surface area contributed by atoms with Gasteiger partial charge in [0, 0.05) is 16.6 Å². The summed E-state index contributed by atoms with van der Waals surface area (Å²) in [5.41, 5.74) is 3.06. The van der Waals surface area contributed by atoms with Crippen LogP contribution in [-0.4, -0.2) is 30.4 Å². The summed E-state index contributed by atoms with van der Waals surface area (Å²) in [5, 5.41) is 1.88. The molecule has 0 saturated heterocycles. The molecule has 0 atom stereocenters. The first kappa shape index (κ1) is 16.3. The van der Waals surface area contributed by atoms with Crippen molar-refractivity contribution in [2.24, 2.45) is 0 Å². The second-order valence-corrected chi connectivity index (χ2v) is 6.06. The molecule has 0 N–H and O–H groups in total. The molecule has 5 nitrogen and oxygen atoms in total. The molecule has 24 heavy (non-hydrogen) atoms. The number of hydrogen-bond donors (Lipinski definition) is 0. The van der Waals surface area contributed by atoms with Gasteiger partial charge in [0.05, 0.1) is 25.8 Å². The van der Waals surface area contributed by atoms with Crippen LogP contribution in [0.2, 0.25) is 0 Å². The van der Waals surface area contributed by atoms with Gasteiger partial charge in [0.15, 0.2) is 6.29 Å². The molecule has 0 bridgehead atoms. The fourth-order valence-electron chi connectivity index (χ4n) is 2.65. The number of esters is 1. The molecule has 0 saturated carbocycles. The van der Waals surface area contributed by atoms with Gasteiger partial charge in [-0.25, -0.2) is 0 Å². The van der Waals surface area contributed by atoms with E-state index in [1.807, 2.05) is 47.0 Å². The Hall–Kier alpha value is -2.60. The van der Waals surface area contributed by atoms with Crippen LogP contribution in [0.5, 0.6) is 5.75 Å². The van der Waals surface area contributed by atoms with E-state index >= 15 is 0 Å². The molecule has 0 aliphatic rings. The fourth-order valence-corrected chi connectivity index (χ4v) is 3.60. The number of aldehydes is 1. The van der Waals surface area contributed by atoms with E-state index in [4.69, 9.17) is 9.47 Å². The highest BCUT2D eigenvalue weighted by Gasteiger charge is 2.17. The van der Waals surface area contributed by atoms with E-state index < -0.39 is 0 Å². The first-order valence-corrected chi connectivity index (χ1v) is 8.43. The van der Waals surface area contributed by atoms with Gasteiger partial charge in [-0.3, -0.25) is 9.59 Å². The molecular weight excluding hydrogens is 326 g/mol. The van der Waals surface area contributed by atoms with Gasteiger partial charge in [-0.05, 0) is 30.7 Å². The molecule has 1 aromatic carbocycles. The summed E-state index contributed by atoms with van der Waals surface area (Å²) >= 11 is 1.49. The SMILES string of the molecule is CCOc1ccc(-c2cc3scc(CC(=O)OC)n3c2C=O)cc1. The van der Waals surface area contributed by atoms with Crippen LogP contribution in [-0.2, 0) is 16.0 Å². The number of aromatic nitrogens is 1. The minimum absolute atomic E-state index is 0.134. The Balaban J connectivity index is 2.05. The molecule has 0 radical (unpaired) electrons. The molecule has 3 rings (SSSR count). The van der Waals surface area contributed by atoms with Gasteiger partial charge in [0.25, 0.3) is 0 Å². The van der Waals surface area contributed by atoms with Crippen molar-refractivity contribution in [3.8, 4) is 16.9 Å². The van der Waals surface area contributed by atoms with Crippen LogP contribution < -0.4 is 4.74 Å². The maximum atomic E-state index is 11.7. The molecule has 6 heteroatoms. The minimum Gasteiger partial charge on any atom is -0.494 e. The average Bonchev–Trinajstić information content (AvgIpc) is 3.15. The Morgan fingerprint density at radius 3 is 2.67 bits per heavy atom.